The minimum atomic E-state index is -4.93. The van der Waals surface area contributed by atoms with Gasteiger partial charge in [-0.15, -0.1) is 0 Å². The Bertz CT molecular complexity index is 1080. The summed E-state index contributed by atoms with van der Waals surface area (Å²) in [6, 6.07) is 7.09. The first-order valence-corrected chi connectivity index (χ1v) is 8.74. The summed E-state index contributed by atoms with van der Waals surface area (Å²) < 4.78 is 45.8. The number of nitrogens with one attached hydrogen (secondary N) is 1. The third-order valence-corrected chi connectivity index (χ3v) is 4.47. The first-order valence-electron chi connectivity index (χ1n) is 7.98. The molecule has 2 heterocycles. The van der Waals surface area contributed by atoms with Crippen LogP contribution in [0.1, 0.15) is 18.2 Å². The fourth-order valence-electron chi connectivity index (χ4n) is 2.35. The van der Waals surface area contributed by atoms with Gasteiger partial charge < -0.3 is 9.72 Å². The van der Waals surface area contributed by atoms with Gasteiger partial charge in [0.15, 0.2) is 11.5 Å². The van der Waals surface area contributed by atoms with Crippen LogP contribution in [0.5, 0.6) is 11.5 Å². The molecule has 0 atom stereocenters. The number of H-pyrrole nitrogens is 1. The third kappa shape index (κ3) is 4.28. The zero-order valence-corrected chi connectivity index (χ0v) is 15.8. The van der Waals surface area contributed by atoms with Crippen LogP contribution in [0.2, 0.25) is 10.0 Å². The normalized spacial score (nSPS) is 11.5. The second-order valence-corrected chi connectivity index (χ2v) is 6.49. The van der Waals surface area contributed by atoms with Gasteiger partial charge in [0.2, 0.25) is 5.75 Å². The Kier molecular flexibility index (Phi) is 5.62. The quantitative estimate of drug-likeness (QED) is 0.593. The van der Waals surface area contributed by atoms with Crippen LogP contribution in [0.25, 0.3) is 11.5 Å². The molecule has 1 aromatic carbocycles. The topological polar surface area (TPSA) is 67.9 Å². The number of hydrogen-bond acceptors (Lipinski definition) is 4. The summed E-state index contributed by atoms with van der Waals surface area (Å²) in [5.41, 5.74) is -1.63. The number of nitrogens with zero attached hydrogens (tertiary/aromatic N) is 2. The number of alkyl halides is 3. The molecule has 0 saturated carbocycles. The van der Waals surface area contributed by atoms with E-state index in [1.54, 1.807) is 12.1 Å². The van der Waals surface area contributed by atoms with Crippen molar-refractivity contribution in [2.45, 2.75) is 19.5 Å². The van der Waals surface area contributed by atoms with E-state index in [9.17, 15) is 18.0 Å². The van der Waals surface area contributed by atoms with Crippen molar-refractivity contribution in [1.29, 1.82) is 0 Å². The maximum absolute atomic E-state index is 13.6. The van der Waals surface area contributed by atoms with E-state index in [0.29, 0.717) is 6.42 Å². The van der Waals surface area contributed by atoms with E-state index >= 15 is 0 Å². The molecule has 146 valence electrons. The van der Waals surface area contributed by atoms with Gasteiger partial charge in [-0.2, -0.15) is 13.2 Å². The summed E-state index contributed by atoms with van der Waals surface area (Å²) in [6.45, 7) is 1.88. The molecule has 0 aliphatic heterocycles. The molecular weight excluding hydrogens is 418 g/mol. The molecule has 1 N–H and O–H groups in total. The van der Waals surface area contributed by atoms with Crippen LogP contribution in [0.4, 0.5) is 13.2 Å². The maximum atomic E-state index is 13.6. The number of benzene rings is 1. The second-order valence-electron chi connectivity index (χ2n) is 5.67. The SMILES string of the molecule is CCc1ccnc(-c2nc(C(F)(F)F)c(Oc3ccc(Cl)c(Cl)c3)c(=O)[nH]2)c1. The van der Waals surface area contributed by atoms with Crippen molar-refractivity contribution in [2.75, 3.05) is 0 Å². The van der Waals surface area contributed by atoms with Crippen LogP contribution >= 0.6 is 23.2 Å². The van der Waals surface area contributed by atoms with Gasteiger partial charge >= 0.3 is 6.18 Å². The van der Waals surface area contributed by atoms with E-state index in [-0.39, 0.29) is 27.3 Å². The molecule has 0 bridgehead atoms. The second kappa shape index (κ2) is 7.81. The van der Waals surface area contributed by atoms with E-state index in [1.165, 1.54) is 24.4 Å². The Hall–Kier alpha value is -2.58. The fourth-order valence-corrected chi connectivity index (χ4v) is 2.64. The van der Waals surface area contributed by atoms with Crippen LogP contribution in [-0.4, -0.2) is 15.0 Å². The van der Waals surface area contributed by atoms with Gasteiger partial charge in [0.05, 0.1) is 10.0 Å². The van der Waals surface area contributed by atoms with Gasteiger partial charge in [-0.25, -0.2) is 4.98 Å². The third-order valence-electron chi connectivity index (χ3n) is 3.73. The van der Waals surface area contributed by atoms with Gasteiger partial charge in [0.1, 0.15) is 11.4 Å². The number of ether oxygens (including phenoxy) is 1. The predicted octanol–water partition coefficient (Wildman–Crippen LogP) is 5.51. The Morgan fingerprint density at radius 3 is 2.54 bits per heavy atom. The van der Waals surface area contributed by atoms with Crippen molar-refractivity contribution in [1.82, 2.24) is 15.0 Å². The number of rotatable bonds is 4. The van der Waals surface area contributed by atoms with E-state index in [2.05, 4.69) is 15.0 Å². The minimum Gasteiger partial charge on any atom is -0.449 e. The van der Waals surface area contributed by atoms with Gasteiger partial charge in [-0.3, -0.25) is 9.78 Å². The maximum Gasteiger partial charge on any atom is 0.437 e. The van der Waals surface area contributed by atoms with Crippen molar-refractivity contribution in [3.05, 3.63) is 68.2 Å². The summed E-state index contributed by atoms with van der Waals surface area (Å²) in [6.07, 6.45) is -2.86. The molecule has 0 aliphatic carbocycles. The highest BCUT2D eigenvalue weighted by Crippen LogP contribution is 2.36. The first-order chi connectivity index (χ1) is 13.2. The molecule has 0 unspecified atom stereocenters. The van der Waals surface area contributed by atoms with Gasteiger partial charge in [0.25, 0.3) is 5.56 Å². The highest BCUT2D eigenvalue weighted by molar-refractivity contribution is 6.42. The standard InChI is InChI=1S/C18H12Cl2F3N3O2/c1-2-9-5-6-24-13(7-9)16-25-15(18(21,22)23)14(17(27)26-16)28-10-3-4-11(19)12(20)8-10/h3-8H,2H2,1H3,(H,25,26,27). The van der Waals surface area contributed by atoms with Crippen LogP contribution in [0.3, 0.4) is 0 Å². The van der Waals surface area contributed by atoms with E-state index in [1.807, 2.05) is 6.92 Å². The van der Waals surface area contributed by atoms with Crippen molar-refractivity contribution >= 4 is 23.2 Å². The van der Waals surface area contributed by atoms with E-state index in [0.717, 1.165) is 5.56 Å². The molecule has 0 aliphatic rings. The molecule has 3 aromatic rings. The Morgan fingerprint density at radius 1 is 1.14 bits per heavy atom. The summed E-state index contributed by atoms with van der Waals surface area (Å²) >= 11 is 11.6. The highest BCUT2D eigenvalue weighted by atomic mass is 35.5. The Balaban J connectivity index is 2.12. The van der Waals surface area contributed by atoms with Crippen molar-refractivity contribution in [2.24, 2.45) is 0 Å². The van der Waals surface area contributed by atoms with Crippen molar-refractivity contribution in [3.63, 3.8) is 0 Å². The monoisotopic (exact) mass is 429 g/mol. The van der Waals surface area contributed by atoms with E-state index < -0.39 is 23.2 Å². The highest BCUT2D eigenvalue weighted by Gasteiger charge is 2.39. The summed E-state index contributed by atoms with van der Waals surface area (Å²) in [5.74, 6) is -1.40. The molecule has 0 saturated heterocycles. The Labute approximate surface area is 167 Å². The van der Waals surface area contributed by atoms with Gasteiger partial charge in [-0.05, 0) is 36.2 Å². The first kappa shape index (κ1) is 20.2. The van der Waals surface area contributed by atoms with E-state index in [4.69, 9.17) is 27.9 Å². The number of aromatic nitrogens is 3. The van der Waals surface area contributed by atoms with Crippen LogP contribution in [0, 0.1) is 0 Å². The number of aromatic amines is 1. The van der Waals surface area contributed by atoms with Crippen molar-refractivity contribution < 1.29 is 17.9 Å². The molecule has 0 spiro atoms. The molecule has 28 heavy (non-hydrogen) atoms. The number of aryl methyl sites for hydroxylation is 1. The van der Waals surface area contributed by atoms with Crippen LogP contribution < -0.4 is 10.3 Å². The minimum absolute atomic E-state index is 0.0642. The average molecular weight is 430 g/mol. The van der Waals surface area contributed by atoms with Gasteiger partial charge in [-0.1, -0.05) is 30.1 Å². The molecule has 0 radical (unpaired) electrons. The fraction of sp³-hybridized carbons (Fsp3) is 0.167. The Morgan fingerprint density at radius 2 is 1.89 bits per heavy atom. The smallest absolute Gasteiger partial charge is 0.437 e. The lowest BCUT2D eigenvalue weighted by molar-refractivity contribution is -0.142. The van der Waals surface area contributed by atoms with Gasteiger partial charge in [0, 0.05) is 12.3 Å². The molecule has 0 fully saturated rings. The summed E-state index contributed by atoms with van der Waals surface area (Å²) in [7, 11) is 0. The molecular formula is C18H12Cl2F3N3O2. The number of halogens is 5. The zero-order chi connectivity index (χ0) is 20.5. The van der Waals surface area contributed by atoms with Crippen LogP contribution in [-0.2, 0) is 12.6 Å². The zero-order valence-electron chi connectivity index (χ0n) is 14.3. The predicted molar refractivity (Wildman–Crippen MR) is 99.0 cm³/mol. The molecule has 10 heteroatoms. The lowest BCUT2D eigenvalue weighted by Crippen LogP contribution is -2.21. The molecule has 0 amide bonds. The van der Waals surface area contributed by atoms with Crippen LogP contribution in [0.15, 0.2) is 41.3 Å². The number of pyridine rings is 1. The summed E-state index contributed by atoms with van der Waals surface area (Å²) in [4.78, 5) is 22.2. The molecule has 2 aromatic heterocycles. The summed E-state index contributed by atoms with van der Waals surface area (Å²) in [5, 5.41) is 0.253. The lowest BCUT2D eigenvalue weighted by Gasteiger charge is -2.14. The molecule has 3 rings (SSSR count). The van der Waals surface area contributed by atoms with Crippen molar-refractivity contribution in [3.8, 4) is 23.0 Å². The largest absolute Gasteiger partial charge is 0.449 e. The lowest BCUT2D eigenvalue weighted by atomic mass is 10.2. The average Bonchev–Trinajstić information content (AvgIpc) is 2.65. The number of hydrogen-bond donors (Lipinski definition) is 1. The molecule has 5 nitrogen and oxygen atoms in total.